The van der Waals surface area contributed by atoms with Gasteiger partial charge in [0, 0.05) is 5.41 Å². The molecule has 0 aromatic heterocycles. The topological polar surface area (TPSA) is 49.7 Å². The van der Waals surface area contributed by atoms with Crippen molar-refractivity contribution in [1.29, 1.82) is 0 Å². The van der Waals surface area contributed by atoms with E-state index in [0.717, 1.165) is 12.2 Å². The average Bonchev–Trinajstić information content (AvgIpc) is 2.54. The Morgan fingerprint density at radius 2 is 1.32 bits per heavy atom. The quantitative estimate of drug-likeness (QED) is 0.789. The van der Waals surface area contributed by atoms with Gasteiger partial charge < -0.3 is 14.9 Å². The predicted octanol–water partition coefficient (Wildman–Crippen LogP) is 5.14. The van der Waals surface area contributed by atoms with Gasteiger partial charge in [-0.15, -0.1) is 0 Å². The number of benzene rings is 2. The first kappa shape index (κ1) is 21.0. The van der Waals surface area contributed by atoms with Gasteiger partial charge in [0.05, 0.1) is 13.2 Å². The monoisotopic (exact) mass is 344 g/mol. The Labute approximate surface area is 152 Å². The molecule has 0 aliphatic rings. The summed E-state index contributed by atoms with van der Waals surface area (Å²) in [5, 5.41) is 18.1. The molecule has 0 spiro atoms. The fourth-order valence-electron chi connectivity index (χ4n) is 2.73. The molecule has 1 atom stereocenters. The maximum atomic E-state index is 9.34. The number of phenolic OH excluding ortho intramolecular Hbond substituents is 1. The molecule has 2 aromatic carbocycles. The first-order chi connectivity index (χ1) is 11.7. The lowest BCUT2D eigenvalue weighted by Gasteiger charge is -2.26. The third-order valence-corrected chi connectivity index (χ3v) is 4.21. The SMILES string of the molecule is CC(C)CC(C)O.COc1ccc(C(C)(C)c2ccc(O)cc2)cc1. The van der Waals surface area contributed by atoms with Gasteiger partial charge in [0.1, 0.15) is 11.5 Å². The highest BCUT2D eigenvalue weighted by Crippen LogP contribution is 2.33. The van der Waals surface area contributed by atoms with Crippen molar-refractivity contribution in [3.63, 3.8) is 0 Å². The second kappa shape index (κ2) is 9.47. The first-order valence-electron chi connectivity index (χ1n) is 8.79. The van der Waals surface area contributed by atoms with Crippen molar-refractivity contribution in [2.45, 2.75) is 52.6 Å². The van der Waals surface area contributed by atoms with Crippen LogP contribution < -0.4 is 4.74 Å². The van der Waals surface area contributed by atoms with Gasteiger partial charge in [-0.2, -0.15) is 0 Å². The third-order valence-electron chi connectivity index (χ3n) is 4.21. The van der Waals surface area contributed by atoms with Gasteiger partial charge in [-0.25, -0.2) is 0 Å². The molecule has 0 radical (unpaired) electrons. The minimum Gasteiger partial charge on any atom is -0.508 e. The largest absolute Gasteiger partial charge is 0.508 e. The fraction of sp³-hybridized carbons (Fsp3) is 0.455. The van der Waals surface area contributed by atoms with Crippen molar-refractivity contribution in [3.8, 4) is 11.5 Å². The van der Waals surface area contributed by atoms with Gasteiger partial charge in [-0.3, -0.25) is 0 Å². The molecule has 0 fully saturated rings. The molecule has 0 saturated carbocycles. The van der Waals surface area contributed by atoms with E-state index in [1.165, 1.54) is 11.1 Å². The number of phenols is 1. The molecule has 2 rings (SSSR count). The van der Waals surface area contributed by atoms with Crippen molar-refractivity contribution >= 4 is 0 Å². The minimum atomic E-state index is -0.125. The molecule has 25 heavy (non-hydrogen) atoms. The van der Waals surface area contributed by atoms with Crippen molar-refractivity contribution in [3.05, 3.63) is 59.7 Å². The number of rotatable bonds is 5. The lowest BCUT2D eigenvalue weighted by atomic mass is 9.78. The summed E-state index contributed by atoms with van der Waals surface area (Å²) < 4.78 is 5.17. The van der Waals surface area contributed by atoms with Crippen LogP contribution in [0.3, 0.4) is 0 Å². The normalized spacial score (nSPS) is 12.3. The second-order valence-electron chi connectivity index (χ2n) is 7.38. The smallest absolute Gasteiger partial charge is 0.118 e. The highest BCUT2D eigenvalue weighted by molar-refractivity contribution is 5.41. The number of methoxy groups -OCH3 is 1. The van der Waals surface area contributed by atoms with E-state index in [4.69, 9.17) is 9.84 Å². The molecule has 0 heterocycles. The average molecular weight is 344 g/mol. The van der Waals surface area contributed by atoms with Crippen LogP contribution in [0.2, 0.25) is 0 Å². The fourth-order valence-corrected chi connectivity index (χ4v) is 2.73. The van der Waals surface area contributed by atoms with Gasteiger partial charge >= 0.3 is 0 Å². The Morgan fingerprint density at radius 1 is 0.880 bits per heavy atom. The number of aliphatic hydroxyl groups excluding tert-OH is 1. The summed E-state index contributed by atoms with van der Waals surface area (Å²) >= 11 is 0. The van der Waals surface area contributed by atoms with E-state index in [0.29, 0.717) is 11.7 Å². The second-order valence-corrected chi connectivity index (χ2v) is 7.38. The van der Waals surface area contributed by atoms with Crippen LogP contribution in [0, 0.1) is 5.92 Å². The standard InChI is InChI=1S/C16H18O2.C6H14O/c1-16(2,12-4-8-14(17)9-5-12)13-6-10-15(18-3)11-7-13;1-5(2)4-6(3)7/h4-11,17H,1-3H3;5-7H,4H2,1-3H3. The summed E-state index contributed by atoms with van der Waals surface area (Å²) in [6, 6.07) is 15.5. The van der Waals surface area contributed by atoms with Gasteiger partial charge in [-0.1, -0.05) is 52.0 Å². The lowest BCUT2D eigenvalue weighted by Crippen LogP contribution is -2.18. The van der Waals surface area contributed by atoms with Crippen LogP contribution in [-0.2, 0) is 5.41 Å². The Kier molecular flexibility index (Phi) is 7.98. The molecule has 0 bridgehead atoms. The van der Waals surface area contributed by atoms with Crippen molar-refractivity contribution < 1.29 is 14.9 Å². The third kappa shape index (κ3) is 6.79. The van der Waals surface area contributed by atoms with Crippen molar-refractivity contribution in [1.82, 2.24) is 0 Å². The summed E-state index contributed by atoms with van der Waals surface area (Å²) in [5.74, 6) is 1.78. The predicted molar refractivity (Wildman–Crippen MR) is 104 cm³/mol. The van der Waals surface area contributed by atoms with Gasteiger partial charge in [0.25, 0.3) is 0 Å². The highest BCUT2D eigenvalue weighted by Gasteiger charge is 2.22. The van der Waals surface area contributed by atoms with Crippen LogP contribution in [0.4, 0.5) is 0 Å². The Morgan fingerprint density at radius 3 is 1.64 bits per heavy atom. The number of hydrogen-bond donors (Lipinski definition) is 2. The number of aliphatic hydroxyl groups is 1. The summed E-state index contributed by atoms with van der Waals surface area (Å²) in [6.45, 7) is 10.4. The zero-order chi connectivity index (χ0) is 19.0. The van der Waals surface area contributed by atoms with E-state index < -0.39 is 0 Å². The van der Waals surface area contributed by atoms with Crippen LogP contribution >= 0.6 is 0 Å². The maximum absolute atomic E-state index is 9.34. The lowest BCUT2D eigenvalue weighted by molar-refractivity contribution is 0.168. The summed E-state index contributed by atoms with van der Waals surface area (Å²) in [6.07, 6.45) is 0.792. The number of ether oxygens (including phenoxy) is 1. The summed E-state index contributed by atoms with van der Waals surface area (Å²) in [5.41, 5.74) is 2.29. The van der Waals surface area contributed by atoms with Crippen LogP contribution in [0.25, 0.3) is 0 Å². The molecule has 3 nitrogen and oxygen atoms in total. The molecule has 2 aromatic rings. The zero-order valence-corrected chi connectivity index (χ0v) is 16.3. The zero-order valence-electron chi connectivity index (χ0n) is 16.3. The minimum absolute atomic E-state index is 0.0973. The highest BCUT2D eigenvalue weighted by atomic mass is 16.5. The molecule has 0 amide bonds. The van der Waals surface area contributed by atoms with E-state index in [-0.39, 0.29) is 11.5 Å². The molecular weight excluding hydrogens is 312 g/mol. The summed E-state index contributed by atoms with van der Waals surface area (Å²) in [7, 11) is 1.67. The molecule has 138 valence electrons. The van der Waals surface area contributed by atoms with Crippen LogP contribution in [0.1, 0.15) is 52.2 Å². The van der Waals surface area contributed by atoms with Gasteiger partial charge in [0.2, 0.25) is 0 Å². The molecule has 0 saturated heterocycles. The van der Waals surface area contributed by atoms with Gasteiger partial charge in [0.15, 0.2) is 0 Å². The number of hydrogen-bond acceptors (Lipinski definition) is 3. The Bertz CT molecular complexity index is 605. The van der Waals surface area contributed by atoms with Crippen LogP contribution in [-0.4, -0.2) is 23.4 Å². The summed E-state index contributed by atoms with van der Waals surface area (Å²) in [4.78, 5) is 0. The molecule has 0 aliphatic carbocycles. The first-order valence-corrected chi connectivity index (χ1v) is 8.79. The van der Waals surface area contributed by atoms with Crippen LogP contribution in [0.5, 0.6) is 11.5 Å². The Balaban J connectivity index is 0.000000381. The molecule has 2 N–H and O–H groups in total. The van der Waals surface area contributed by atoms with Crippen LogP contribution in [0.15, 0.2) is 48.5 Å². The molecule has 3 heteroatoms. The Hall–Kier alpha value is -2.00. The number of aromatic hydroxyl groups is 1. The van der Waals surface area contributed by atoms with Crippen molar-refractivity contribution in [2.75, 3.05) is 7.11 Å². The van der Waals surface area contributed by atoms with Crippen molar-refractivity contribution in [2.24, 2.45) is 5.92 Å². The molecule has 0 aliphatic heterocycles. The van der Waals surface area contributed by atoms with Gasteiger partial charge in [-0.05, 0) is 54.7 Å². The molecular formula is C22H32O3. The maximum Gasteiger partial charge on any atom is 0.118 e. The van der Waals surface area contributed by atoms with E-state index in [9.17, 15) is 5.11 Å². The van der Waals surface area contributed by atoms with E-state index in [1.54, 1.807) is 19.2 Å². The van der Waals surface area contributed by atoms with E-state index in [1.807, 2.05) is 31.2 Å². The molecule has 1 unspecified atom stereocenters. The van der Waals surface area contributed by atoms with E-state index >= 15 is 0 Å². The van der Waals surface area contributed by atoms with E-state index in [2.05, 4.69) is 39.8 Å².